The molecule has 2 aromatic rings. The van der Waals surface area contributed by atoms with Gasteiger partial charge in [-0.05, 0) is 36.4 Å². The Labute approximate surface area is 128 Å². The highest BCUT2D eigenvalue weighted by atomic mass is 35.5. The zero-order chi connectivity index (χ0) is 14.7. The molecule has 0 bridgehead atoms. The summed E-state index contributed by atoms with van der Waals surface area (Å²) in [7, 11) is 0. The fourth-order valence-electron chi connectivity index (χ4n) is 2.34. The van der Waals surface area contributed by atoms with Crippen molar-refractivity contribution in [3.8, 4) is 5.75 Å². The molecule has 0 radical (unpaired) electrons. The first-order valence-corrected chi connectivity index (χ1v) is 7.28. The van der Waals surface area contributed by atoms with Gasteiger partial charge in [-0.2, -0.15) is 0 Å². The maximum absolute atomic E-state index is 9.36. The van der Waals surface area contributed by atoms with Gasteiger partial charge in [0.05, 0.1) is 23.9 Å². The minimum atomic E-state index is 0.160. The first-order valence-electron chi connectivity index (χ1n) is 6.91. The minimum Gasteiger partial charge on any atom is -0.508 e. The van der Waals surface area contributed by atoms with Gasteiger partial charge in [-0.25, -0.2) is 0 Å². The Balaban J connectivity index is 1.71. The van der Waals surface area contributed by atoms with Crippen molar-refractivity contribution in [2.75, 3.05) is 36.5 Å². The van der Waals surface area contributed by atoms with Crippen molar-refractivity contribution in [2.45, 2.75) is 0 Å². The van der Waals surface area contributed by atoms with Gasteiger partial charge in [0.25, 0.3) is 0 Å². The summed E-state index contributed by atoms with van der Waals surface area (Å²) in [6.45, 7) is 3.42. The van der Waals surface area contributed by atoms with Gasteiger partial charge in [-0.1, -0.05) is 11.6 Å². The van der Waals surface area contributed by atoms with Crippen LogP contribution in [-0.2, 0) is 4.74 Å². The molecule has 1 aliphatic rings. The van der Waals surface area contributed by atoms with Crippen LogP contribution < -0.4 is 10.2 Å². The summed E-state index contributed by atoms with van der Waals surface area (Å²) in [5.74, 6) is 0.160. The molecule has 2 N–H and O–H groups in total. The van der Waals surface area contributed by atoms with Crippen LogP contribution in [0.3, 0.4) is 0 Å². The standard InChI is InChI=1S/C16H17ClN2O2/c17-15-11-14(20)5-6-16(15)18-12-1-3-13(4-2-12)19-7-9-21-10-8-19/h1-6,11,18,20H,7-10H2. The van der Waals surface area contributed by atoms with Crippen molar-refractivity contribution in [3.05, 3.63) is 47.5 Å². The number of phenols is 1. The number of halogens is 1. The van der Waals surface area contributed by atoms with Gasteiger partial charge in [0.2, 0.25) is 0 Å². The maximum atomic E-state index is 9.36. The molecule has 0 amide bonds. The molecular formula is C16H17ClN2O2. The first kappa shape index (κ1) is 14.0. The highest BCUT2D eigenvalue weighted by molar-refractivity contribution is 6.33. The lowest BCUT2D eigenvalue weighted by Crippen LogP contribution is -2.36. The normalized spacial score (nSPS) is 15.0. The molecule has 1 aliphatic heterocycles. The molecule has 3 rings (SSSR count). The Bertz CT molecular complexity index is 610. The zero-order valence-corrected chi connectivity index (χ0v) is 12.3. The highest BCUT2D eigenvalue weighted by Crippen LogP contribution is 2.29. The molecule has 5 heteroatoms. The summed E-state index contributed by atoms with van der Waals surface area (Å²) in [6.07, 6.45) is 0. The third kappa shape index (κ3) is 3.40. The number of nitrogens with zero attached hydrogens (tertiary/aromatic N) is 1. The lowest BCUT2D eigenvalue weighted by molar-refractivity contribution is 0.122. The average molecular weight is 305 g/mol. The number of morpholine rings is 1. The van der Waals surface area contributed by atoms with Crippen LogP contribution in [0.25, 0.3) is 0 Å². The number of hydrogen-bond acceptors (Lipinski definition) is 4. The van der Waals surface area contributed by atoms with Crippen LogP contribution in [-0.4, -0.2) is 31.4 Å². The van der Waals surface area contributed by atoms with E-state index in [0.29, 0.717) is 5.02 Å². The number of benzene rings is 2. The summed E-state index contributed by atoms with van der Waals surface area (Å²) >= 11 is 6.09. The average Bonchev–Trinajstić information content (AvgIpc) is 2.52. The number of aromatic hydroxyl groups is 1. The smallest absolute Gasteiger partial charge is 0.117 e. The first-order chi connectivity index (χ1) is 10.2. The van der Waals surface area contributed by atoms with Crippen molar-refractivity contribution >= 4 is 28.7 Å². The van der Waals surface area contributed by atoms with Crippen LogP contribution in [0.2, 0.25) is 5.02 Å². The second-order valence-electron chi connectivity index (χ2n) is 4.94. The van der Waals surface area contributed by atoms with Crippen molar-refractivity contribution in [1.82, 2.24) is 0 Å². The fraction of sp³-hybridized carbons (Fsp3) is 0.250. The third-order valence-corrected chi connectivity index (χ3v) is 3.79. The number of hydrogen-bond donors (Lipinski definition) is 2. The summed E-state index contributed by atoms with van der Waals surface area (Å²) in [6, 6.07) is 13.1. The fourth-order valence-corrected chi connectivity index (χ4v) is 2.56. The van der Waals surface area contributed by atoms with Crippen LogP contribution >= 0.6 is 11.6 Å². The van der Waals surface area contributed by atoms with Crippen molar-refractivity contribution in [2.24, 2.45) is 0 Å². The third-order valence-electron chi connectivity index (χ3n) is 3.48. The summed E-state index contributed by atoms with van der Waals surface area (Å²) < 4.78 is 5.36. The van der Waals surface area contributed by atoms with Crippen LogP contribution in [0.1, 0.15) is 0 Å². The van der Waals surface area contributed by atoms with E-state index in [1.807, 2.05) is 12.1 Å². The van der Waals surface area contributed by atoms with Gasteiger partial charge in [0, 0.05) is 30.5 Å². The topological polar surface area (TPSA) is 44.7 Å². The van der Waals surface area contributed by atoms with Gasteiger partial charge in [0.15, 0.2) is 0 Å². The highest BCUT2D eigenvalue weighted by Gasteiger charge is 2.10. The molecule has 1 saturated heterocycles. The predicted octanol–water partition coefficient (Wildman–Crippen LogP) is 3.63. The van der Waals surface area contributed by atoms with Crippen LogP contribution in [0.4, 0.5) is 17.1 Å². The van der Waals surface area contributed by atoms with E-state index in [1.54, 1.807) is 12.1 Å². The summed E-state index contributed by atoms with van der Waals surface area (Å²) in [5.41, 5.74) is 2.92. The largest absolute Gasteiger partial charge is 0.508 e. The Morgan fingerprint density at radius 2 is 1.76 bits per heavy atom. The van der Waals surface area contributed by atoms with Crippen molar-refractivity contribution in [3.63, 3.8) is 0 Å². The SMILES string of the molecule is Oc1ccc(Nc2ccc(N3CCOCC3)cc2)c(Cl)c1. The molecule has 0 aromatic heterocycles. The molecular weight excluding hydrogens is 288 g/mol. The van der Waals surface area contributed by atoms with E-state index < -0.39 is 0 Å². The Kier molecular flexibility index (Phi) is 4.18. The number of ether oxygens (including phenoxy) is 1. The molecule has 0 atom stereocenters. The van der Waals surface area contributed by atoms with E-state index in [1.165, 1.54) is 11.8 Å². The van der Waals surface area contributed by atoms with Gasteiger partial charge in [-0.15, -0.1) is 0 Å². The van der Waals surface area contributed by atoms with E-state index in [0.717, 1.165) is 37.7 Å². The second kappa shape index (κ2) is 6.24. The molecule has 0 spiro atoms. The molecule has 0 saturated carbocycles. The summed E-state index contributed by atoms with van der Waals surface area (Å²) in [5, 5.41) is 13.1. The molecule has 2 aromatic carbocycles. The molecule has 21 heavy (non-hydrogen) atoms. The molecule has 0 aliphatic carbocycles. The minimum absolute atomic E-state index is 0.160. The molecule has 1 heterocycles. The number of rotatable bonds is 3. The quantitative estimate of drug-likeness (QED) is 0.850. The van der Waals surface area contributed by atoms with Gasteiger partial charge < -0.3 is 20.1 Å². The number of anilines is 3. The van der Waals surface area contributed by atoms with E-state index in [2.05, 4.69) is 22.3 Å². The number of phenolic OH excluding ortho intramolecular Hbond substituents is 1. The van der Waals surface area contributed by atoms with E-state index in [9.17, 15) is 5.11 Å². The maximum Gasteiger partial charge on any atom is 0.117 e. The Hall–Kier alpha value is -1.91. The van der Waals surface area contributed by atoms with E-state index in [-0.39, 0.29) is 5.75 Å². The van der Waals surface area contributed by atoms with Crippen LogP contribution in [0, 0.1) is 0 Å². The lowest BCUT2D eigenvalue weighted by Gasteiger charge is -2.29. The van der Waals surface area contributed by atoms with Gasteiger partial charge in [-0.3, -0.25) is 0 Å². The van der Waals surface area contributed by atoms with E-state index in [4.69, 9.17) is 16.3 Å². The lowest BCUT2D eigenvalue weighted by atomic mass is 10.2. The molecule has 110 valence electrons. The van der Waals surface area contributed by atoms with Gasteiger partial charge in [0.1, 0.15) is 5.75 Å². The monoisotopic (exact) mass is 304 g/mol. The Morgan fingerprint density at radius 1 is 1.05 bits per heavy atom. The predicted molar refractivity (Wildman–Crippen MR) is 85.9 cm³/mol. The second-order valence-corrected chi connectivity index (χ2v) is 5.34. The van der Waals surface area contributed by atoms with Gasteiger partial charge >= 0.3 is 0 Å². The van der Waals surface area contributed by atoms with Crippen molar-refractivity contribution < 1.29 is 9.84 Å². The van der Waals surface area contributed by atoms with Crippen LogP contribution in [0.5, 0.6) is 5.75 Å². The Morgan fingerprint density at radius 3 is 2.43 bits per heavy atom. The van der Waals surface area contributed by atoms with E-state index >= 15 is 0 Å². The van der Waals surface area contributed by atoms with Crippen LogP contribution in [0.15, 0.2) is 42.5 Å². The molecule has 0 unspecified atom stereocenters. The summed E-state index contributed by atoms with van der Waals surface area (Å²) in [4.78, 5) is 2.31. The van der Waals surface area contributed by atoms with Crippen molar-refractivity contribution in [1.29, 1.82) is 0 Å². The zero-order valence-electron chi connectivity index (χ0n) is 11.6. The molecule has 4 nitrogen and oxygen atoms in total. The molecule has 1 fully saturated rings. The number of nitrogens with one attached hydrogen (secondary N) is 1.